The Morgan fingerprint density at radius 2 is 0.786 bits per heavy atom. The zero-order chi connectivity index (χ0) is 51.3. The van der Waals surface area contributed by atoms with Crippen LogP contribution in [-0.4, -0.2) is 97.5 Å². The monoisotopic (exact) mass is 1000 g/mol. The van der Waals surface area contributed by atoms with Gasteiger partial charge in [-0.3, -0.25) is 9.36 Å². The van der Waals surface area contributed by atoms with E-state index in [1.165, 1.54) is 14.7 Å². The third kappa shape index (κ3) is 13.8. The molecular formula is C52H71N7O9S2. The van der Waals surface area contributed by atoms with Gasteiger partial charge in [0.1, 0.15) is 23.0 Å². The Hall–Kier alpha value is -5.76. The van der Waals surface area contributed by atoms with E-state index in [0.29, 0.717) is 23.6 Å². The second-order valence-electron chi connectivity index (χ2n) is 17.6. The van der Waals surface area contributed by atoms with E-state index in [4.69, 9.17) is 18.9 Å². The van der Waals surface area contributed by atoms with Gasteiger partial charge in [0, 0.05) is 50.4 Å². The van der Waals surface area contributed by atoms with Crippen molar-refractivity contribution in [1.82, 2.24) is 33.1 Å². The minimum atomic E-state index is -3.98. The summed E-state index contributed by atoms with van der Waals surface area (Å²) in [7, 11) is 2.50. The molecule has 6 rings (SSSR count). The smallest absolute Gasteiger partial charge is 0.263 e. The minimum absolute atomic E-state index is 0.0228. The third-order valence-corrected chi connectivity index (χ3v) is 15.2. The molecule has 0 amide bonds. The summed E-state index contributed by atoms with van der Waals surface area (Å²) < 4.78 is 82.9. The summed E-state index contributed by atoms with van der Waals surface area (Å²) in [5.41, 5.74) is 4.73. The average molecular weight is 1000 g/mol. The average Bonchev–Trinajstić information content (AvgIpc) is 4.03. The van der Waals surface area contributed by atoms with Gasteiger partial charge in [-0.05, 0) is 125 Å². The predicted molar refractivity (Wildman–Crippen MR) is 272 cm³/mol. The number of rotatable bonds is 23. The summed E-state index contributed by atoms with van der Waals surface area (Å²) in [5.74, 6) is 2.83. The molecule has 0 radical (unpaired) electrons. The molecule has 1 N–H and O–H groups in total. The van der Waals surface area contributed by atoms with E-state index in [-0.39, 0.29) is 54.4 Å². The lowest BCUT2D eigenvalue weighted by Gasteiger charge is -2.24. The number of aliphatic hydroxyl groups is 1. The zero-order valence-corrected chi connectivity index (χ0v) is 44.2. The van der Waals surface area contributed by atoms with E-state index >= 15 is 0 Å². The highest BCUT2D eigenvalue weighted by molar-refractivity contribution is 7.89. The van der Waals surface area contributed by atoms with Crippen molar-refractivity contribution in [3.63, 3.8) is 0 Å². The molecule has 18 heteroatoms. The molecule has 16 nitrogen and oxygen atoms in total. The lowest BCUT2D eigenvalue weighted by atomic mass is 10.1. The zero-order valence-electron chi connectivity index (χ0n) is 42.6. The standard InChI is InChI=1S/C27H38N4O4S.C25H33N3O5S/c1-8-25(29(4)5)26-17-27(28-31(26)20(2)3)36(32,33)30(18-21-9-13-23(34-6)14-10-21)19-22-11-15-24(35-7)16-12-22;1-6-24(29)23-15-25(26-28(23)18(2)3)34(30,31)27(16-19-7-11-21(32-4)12-8-19)17-20-9-13-22(33-5)14-10-20/h9-17,20,25H,8,18-19H2,1-7H3;7-15,18,24,29H,6,16-17H2,1-5H3. The molecule has 0 aliphatic rings. The fourth-order valence-electron chi connectivity index (χ4n) is 7.85. The molecule has 6 aromatic rings. The highest BCUT2D eigenvalue weighted by Gasteiger charge is 2.33. The quantitative estimate of drug-likeness (QED) is 0.0647. The van der Waals surface area contributed by atoms with E-state index < -0.39 is 26.2 Å². The molecule has 2 atom stereocenters. The van der Waals surface area contributed by atoms with E-state index in [9.17, 15) is 21.9 Å². The van der Waals surface area contributed by atoms with Gasteiger partial charge in [0.05, 0.1) is 52.0 Å². The van der Waals surface area contributed by atoms with Gasteiger partial charge in [-0.1, -0.05) is 62.4 Å². The van der Waals surface area contributed by atoms with Crippen LogP contribution in [0.4, 0.5) is 0 Å². The van der Waals surface area contributed by atoms with Gasteiger partial charge >= 0.3 is 0 Å². The van der Waals surface area contributed by atoms with Gasteiger partial charge < -0.3 is 29.0 Å². The fourth-order valence-corrected chi connectivity index (χ4v) is 10.6. The van der Waals surface area contributed by atoms with Crippen LogP contribution in [0.25, 0.3) is 0 Å². The number of aromatic nitrogens is 4. The molecule has 4 aromatic carbocycles. The molecule has 2 heterocycles. The van der Waals surface area contributed by atoms with Crippen LogP contribution in [0.3, 0.4) is 0 Å². The summed E-state index contributed by atoms with van der Waals surface area (Å²) in [6.07, 6.45) is 0.501. The molecule has 0 aliphatic heterocycles. The number of hydrogen-bond donors (Lipinski definition) is 1. The number of sulfonamides is 2. The van der Waals surface area contributed by atoms with Crippen LogP contribution in [0, 0.1) is 0 Å². The van der Waals surface area contributed by atoms with Crippen molar-refractivity contribution in [3.05, 3.63) is 143 Å². The highest BCUT2D eigenvalue weighted by Crippen LogP contribution is 2.31. The van der Waals surface area contributed by atoms with Gasteiger partial charge in [-0.2, -0.15) is 18.8 Å². The summed E-state index contributed by atoms with van der Waals surface area (Å²) in [6, 6.07) is 32.6. The van der Waals surface area contributed by atoms with Crippen molar-refractivity contribution in [2.75, 3.05) is 42.5 Å². The minimum Gasteiger partial charge on any atom is -0.497 e. The van der Waals surface area contributed by atoms with Gasteiger partial charge in [-0.15, -0.1) is 0 Å². The second kappa shape index (κ2) is 24.9. The Labute approximate surface area is 415 Å². The Morgan fingerprint density at radius 3 is 1.03 bits per heavy atom. The van der Waals surface area contributed by atoms with Crippen molar-refractivity contribution in [2.45, 2.75) is 115 Å². The van der Waals surface area contributed by atoms with Crippen LogP contribution < -0.4 is 18.9 Å². The largest absolute Gasteiger partial charge is 0.497 e. The first-order chi connectivity index (χ1) is 33.3. The molecule has 380 valence electrons. The molecule has 2 aromatic heterocycles. The molecule has 70 heavy (non-hydrogen) atoms. The van der Waals surface area contributed by atoms with Crippen LogP contribution in [0.5, 0.6) is 23.0 Å². The fraction of sp³-hybridized carbons (Fsp3) is 0.423. The Kier molecular flexibility index (Phi) is 19.6. The summed E-state index contributed by atoms with van der Waals surface area (Å²) >= 11 is 0. The lowest BCUT2D eigenvalue weighted by molar-refractivity contribution is 0.160. The van der Waals surface area contributed by atoms with Crippen molar-refractivity contribution >= 4 is 20.0 Å². The maximum absolute atomic E-state index is 14.0. The maximum atomic E-state index is 14.0. The van der Waals surface area contributed by atoms with Gasteiger partial charge in [0.15, 0.2) is 10.1 Å². The Bertz CT molecular complexity index is 2680. The molecular weight excluding hydrogens is 931 g/mol. The molecule has 0 saturated carbocycles. The second-order valence-corrected chi connectivity index (χ2v) is 21.4. The number of methoxy groups -OCH3 is 4. The van der Waals surface area contributed by atoms with Crippen molar-refractivity contribution < 1.29 is 40.9 Å². The topological polar surface area (TPSA) is 171 Å². The molecule has 2 unspecified atom stereocenters. The molecule has 0 saturated heterocycles. The normalized spacial score (nSPS) is 12.9. The van der Waals surface area contributed by atoms with Crippen LogP contribution in [0.1, 0.15) is 112 Å². The first-order valence-electron chi connectivity index (χ1n) is 23.3. The molecule has 0 spiro atoms. The molecule has 0 fully saturated rings. The maximum Gasteiger partial charge on any atom is 0.263 e. The first-order valence-corrected chi connectivity index (χ1v) is 26.2. The lowest BCUT2D eigenvalue weighted by Crippen LogP contribution is -2.30. The van der Waals surface area contributed by atoms with E-state index in [2.05, 4.69) is 22.0 Å². The molecule has 0 aliphatic carbocycles. The van der Waals surface area contributed by atoms with Gasteiger partial charge in [-0.25, -0.2) is 16.8 Å². The number of aliphatic hydroxyl groups excluding tert-OH is 1. The molecule has 0 bridgehead atoms. The highest BCUT2D eigenvalue weighted by atomic mass is 32.2. The Balaban J connectivity index is 0.000000261. The van der Waals surface area contributed by atoms with Crippen molar-refractivity contribution in [1.29, 1.82) is 0 Å². The number of nitrogens with zero attached hydrogens (tertiary/aromatic N) is 7. The number of benzene rings is 4. The number of hydrogen-bond acceptors (Lipinski definition) is 12. The summed E-state index contributed by atoms with van der Waals surface area (Å²) in [6.45, 7) is 12.5. The first kappa shape index (κ1) is 55.2. The van der Waals surface area contributed by atoms with Crippen molar-refractivity contribution in [2.24, 2.45) is 0 Å². The van der Waals surface area contributed by atoms with Crippen LogP contribution in [0.2, 0.25) is 0 Å². The summed E-state index contributed by atoms with van der Waals surface area (Å²) in [4.78, 5) is 2.10. The van der Waals surface area contributed by atoms with Crippen LogP contribution in [-0.2, 0) is 46.2 Å². The van der Waals surface area contributed by atoms with Gasteiger partial charge in [0.2, 0.25) is 0 Å². The van der Waals surface area contributed by atoms with E-state index in [1.807, 2.05) is 126 Å². The Morgan fingerprint density at radius 1 is 0.500 bits per heavy atom. The van der Waals surface area contributed by atoms with Crippen LogP contribution in [0.15, 0.2) is 119 Å². The van der Waals surface area contributed by atoms with E-state index in [0.717, 1.165) is 45.9 Å². The van der Waals surface area contributed by atoms with Crippen LogP contribution >= 0.6 is 0 Å². The number of ether oxygens (including phenoxy) is 4. The van der Waals surface area contributed by atoms with Crippen molar-refractivity contribution in [3.8, 4) is 23.0 Å². The SMILES string of the molecule is CCC(O)c1cc(S(=O)(=O)N(Cc2ccc(OC)cc2)Cc2ccc(OC)cc2)nn1C(C)C.CCC(c1cc(S(=O)(=O)N(Cc2ccc(OC)cc2)Cc2ccc(OC)cc2)nn1C(C)C)N(C)C. The van der Waals surface area contributed by atoms with E-state index in [1.54, 1.807) is 63.5 Å². The van der Waals surface area contributed by atoms with Gasteiger partial charge in [0.25, 0.3) is 20.0 Å². The summed E-state index contributed by atoms with van der Waals surface area (Å²) in [5, 5.41) is 19.4. The third-order valence-electron chi connectivity index (χ3n) is 11.8. The predicted octanol–water partition coefficient (Wildman–Crippen LogP) is 9.20.